The maximum absolute atomic E-state index is 6.47. The number of thiophene rings is 1. The summed E-state index contributed by atoms with van der Waals surface area (Å²) in [5, 5.41) is 6.98. The number of nitrogens with zero attached hydrogens (tertiary/aromatic N) is 4. The summed E-state index contributed by atoms with van der Waals surface area (Å²) < 4.78 is 11.2. The van der Waals surface area contributed by atoms with E-state index in [9.17, 15) is 0 Å². The Morgan fingerprint density at radius 1 is 0.421 bits per heavy atom. The van der Waals surface area contributed by atoms with Crippen molar-refractivity contribution in [1.82, 2.24) is 19.5 Å². The second-order valence-electron chi connectivity index (χ2n) is 14.3. The first-order valence-corrected chi connectivity index (χ1v) is 19.8. The van der Waals surface area contributed by atoms with Crippen LogP contribution in [-0.2, 0) is 0 Å². The standard InChI is InChI=1S/C51H30N4OS/c1-3-14-31(15-4-1)49-52-50(39-23-11-21-37-36-19-8-10-26-44(36)56-47(37)39)54-51(53-49)40-24-12-22-38-46-34(20-13-27-45(46)57-48(38)40)32-28-29-43-41(30-32)35-18-7-9-25-42(35)55(43)33-16-5-2-6-17-33/h1-30H. The molecule has 12 aromatic rings. The molecule has 0 spiro atoms. The second-order valence-corrected chi connectivity index (χ2v) is 15.4. The number of furan rings is 1. The van der Waals surface area contributed by atoms with Gasteiger partial charge >= 0.3 is 0 Å². The zero-order chi connectivity index (χ0) is 37.5. The van der Waals surface area contributed by atoms with Crippen LogP contribution in [0, 0.1) is 0 Å². The Hall–Kier alpha value is -7.41. The van der Waals surface area contributed by atoms with Gasteiger partial charge in [-0.05, 0) is 65.7 Å². The fraction of sp³-hybridized carbons (Fsp3) is 0. The van der Waals surface area contributed by atoms with Gasteiger partial charge < -0.3 is 8.98 Å². The van der Waals surface area contributed by atoms with Crippen molar-refractivity contribution in [2.45, 2.75) is 0 Å². The van der Waals surface area contributed by atoms with Crippen LogP contribution in [0.3, 0.4) is 0 Å². The number of hydrogen-bond acceptors (Lipinski definition) is 5. The minimum Gasteiger partial charge on any atom is -0.455 e. The summed E-state index contributed by atoms with van der Waals surface area (Å²) in [6.07, 6.45) is 0. The highest BCUT2D eigenvalue weighted by molar-refractivity contribution is 7.26. The molecule has 8 aromatic carbocycles. The highest BCUT2D eigenvalue weighted by atomic mass is 32.1. The summed E-state index contributed by atoms with van der Waals surface area (Å²) in [7, 11) is 0. The molecule has 0 fully saturated rings. The number of hydrogen-bond donors (Lipinski definition) is 0. The summed E-state index contributed by atoms with van der Waals surface area (Å²) in [6, 6.07) is 63.8. The average molecular weight is 747 g/mol. The lowest BCUT2D eigenvalue weighted by atomic mass is 9.97. The summed E-state index contributed by atoms with van der Waals surface area (Å²) >= 11 is 1.79. The van der Waals surface area contributed by atoms with Gasteiger partial charge in [-0.1, -0.05) is 127 Å². The van der Waals surface area contributed by atoms with E-state index in [1.54, 1.807) is 11.3 Å². The van der Waals surface area contributed by atoms with Gasteiger partial charge in [-0.2, -0.15) is 0 Å². The SMILES string of the molecule is c1ccc(-c2nc(-c3cccc4c3oc3ccccc34)nc(-c3cccc4c3sc3cccc(-c5ccc6c(c5)c5ccccc5n6-c5ccccc5)c34)n2)cc1. The van der Waals surface area contributed by atoms with Crippen molar-refractivity contribution < 1.29 is 4.42 Å². The van der Waals surface area contributed by atoms with E-state index in [0.717, 1.165) is 49.0 Å². The molecule has 5 nitrogen and oxygen atoms in total. The summed E-state index contributed by atoms with van der Waals surface area (Å²) in [6.45, 7) is 0. The minimum absolute atomic E-state index is 0.574. The molecule has 0 saturated carbocycles. The molecular weight excluding hydrogens is 717 g/mol. The molecule has 0 amide bonds. The number of fused-ring (bicyclic) bond motifs is 9. The summed E-state index contributed by atoms with van der Waals surface area (Å²) in [5.74, 6) is 1.82. The highest BCUT2D eigenvalue weighted by Gasteiger charge is 2.21. The zero-order valence-corrected chi connectivity index (χ0v) is 31.2. The van der Waals surface area contributed by atoms with Crippen LogP contribution in [0.2, 0.25) is 0 Å². The molecule has 4 aromatic heterocycles. The quantitative estimate of drug-likeness (QED) is 0.176. The number of benzene rings is 8. The molecule has 266 valence electrons. The third kappa shape index (κ3) is 4.98. The van der Waals surface area contributed by atoms with Crippen LogP contribution in [-0.4, -0.2) is 19.5 Å². The van der Waals surface area contributed by atoms with Crippen LogP contribution in [0.25, 0.3) is 115 Å². The van der Waals surface area contributed by atoms with Gasteiger partial charge in [0.15, 0.2) is 17.5 Å². The van der Waals surface area contributed by atoms with E-state index in [1.165, 1.54) is 48.4 Å². The molecule has 0 N–H and O–H groups in total. The Kier molecular flexibility index (Phi) is 7.03. The van der Waals surface area contributed by atoms with Gasteiger partial charge in [-0.15, -0.1) is 11.3 Å². The minimum atomic E-state index is 0.574. The molecule has 12 rings (SSSR count). The lowest BCUT2D eigenvalue weighted by Crippen LogP contribution is -2.00. The van der Waals surface area contributed by atoms with Crippen LogP contribution in [0.15, 0.2) is 186 Å². The molecule has 6 heteroatoms. The molecule has 0 saturated heterocycles. The maximum Gasteiger partial charge on any atom is 0.167 e. The second kappa shape index (κ2) is 12.6. The van der Waals surface area contributed by atoms with Crippen molar-refractivity contribution in [3.05, 3.63) is 182 Å². The van der Waals surface area contributed by atoms with E-state index in [1.807, 2.05) is 54.6 Å². The van der Waals surface area contributed by atoms with Gasteiger partial charge in [-0.3, -0.25) is 0 Å². The molecule has 0 aliphatic rings. The zero-order valence-electron chi connectivity index (χ0n) is 30.4. The molecule has 0 aliphatic heterocycles. The molecule has 4 heterocycles. The lowest BCUT2D eigenvalue weighted by molar-refractivity contribution is 0.669. The molecule has 0 unspecified atom stereocenters. The van der Waals surface area contributed by atoms with E-state index in [-0.39, 0.29) is 0 Å². The Labute approximate surface area is 330 Å². The smallest absolute Gasteiger partial charge is 0.167 e. The van der Waals surface area contributed by atoms with Crippen LogP contribution < -0.4 is 0 Å². The van der Waals surface area contributed by atoms with E-state index < -0.39 is 0 Å². The first-order chi connectivity index (χ1) is 28.3. The fourth-order valence-electron chi connectivity index (χ4n) is 8.52. The van der Waals surface area contributed by atoms with Crippen molar-refractivity contribution in [2.75, 3.05) is 0 Å². The van der Waals surface area contributed by atoms with Gasteiger partial charge in [0, 0.05) is 58.5 Å². The predicted molar refractivity (Wildman–Crippen MR) is 236 cm³/mol. The molecule has 57 heavy (non-hydrogen) atoms. The third-order valence-corrected chi connectivity index (χ3v) is 12.3. The number of rotatable bonds is 5. The van der Waals surface area contributed by atoms with Crippen LogP contribution in [0.1, 0.15) is 0 Å². The van der Waals surface area contributed by atoms with E-state index in [0.29, 0.717) is 17.5 Å². The van der Waals surface area contributed by atoms with Crippen LogP contribution in [0.4, 0.5) is 0 Å². The molecule has 0 bridgehead atoms. The molecule has 0 atom stereocenters. The van der Waals surface area contributed by atoms with Gasteiger partial charge in [0.1, 0.15) is 11.2 Å². The van der Waals surface area contributed by atoms with Crippen LogP contribution >= 0.6 is 11.3 Å². The Morgan fingerprint density at radius 2 is 1.05 bits per heavy atom. The Balaban J connectivity index is 1.06. The van der Waals surface area contributed by atoms with Gasteiger partial charge in [0.25, 0.3) is 0 Å². The average Bonchev–Trinajstić information content (AvgIpc) is 3.96. The first-order valence-electron chi connectivity index (χ1n) is 19.0. The predicted octanol–water partition coefficient (Wildman–Crippen LogP) is 13.9. The Bertz CT molecular complexity index is 3530. The number of para-hydroxylation sites is 4. The lowest BCUT2D eigenvalue weighted by Gasteiger charge is -2.10. The normalized spacial score (nSPS) is 11.9. The van der Waals surface area contributed by atoms with E-state index >= 15 is 0 Å². The molecular formula is C51H30N4OS. The van der Waals surface area contributed by atoms with E-state index in [4.69, 9.17) is 19.4 Å². The van der Waals surface area contributed by atoms with Crippen molar-refractivity contribution in [2.24, 2.45) is 0 Å². The van der Waals surface area contributed by atoms with Gasteiger partial charge in [0.2, 0.25) is 0 Å². The largest absolute Gasteiger partial charge is 0.455 e. The van der Waals surface area contributed by atoms with Crippen molar-refractivity contribution in [3.8, 4) is 51.0 Å². The third-order valence-electron chi connectivity index (χ3n) is 11.1. The van der Waals surface area contributed by atoms with Gasteiger partial charge in [0.05, 0.1) is 16.6 Å². The maximum atomic E-state index is 6.47. The first kappa shape index (κ1) is 31.9. The summed E-state index contributed by atoms with van der Waals surface area (Å²) in [5.41, 5.74) is 10.3. The van der Waals surface area contributed by atoms with Crippen molar-refractivity contribution >= 4 is 75.3 Å². The topological polar surface area (TPSA) is 56.7 Å². The van der Waals surface area contributed by atoms with Crippen molar-refractivity contribution in [1.29, 1.82) is 0 Å². The number of aromatic nitrogens is 4. The Morgan fingerprint density at radius 3 is 1.91 bits per heavy atom. The molecule has 0 radical (unpaired) electrons. The van der Waals surface area contributed by atoms with Crippen molar-refractivity contribution in [3.63, 3.8) is 0 Å². The van der Waals surface area contributed by atoms with Crippen LogP contribution in [0.5, 0.6) is 0 Å². The highest BCUT2D eigenvalue weighted by Crippen LogP contribution is 2.45. The fourth-order valence-corrected chi connectivity index (χ4v) is 9.75. The molecule has 0 aliphatic carbocycles. The monoisotopic (exact) mass is 746 g/mol. The van der Waals surface area contributed by atoms with E-state index in [2.05, 4.69) is 132 Å². The van der Waals surface area contributed by atoms with Gasteiger partial charge in [-0.25, -0.2) is 15.0 Å². The summed E-state index contributed by atoms with van der Waals surface area (Å²) in [4.78, 5) is 15.5.